The van der Waals surface area contributed by atoms with Gasteiger partial charge in [-0.2, -0.15) is 13.2 Å². The van der Waals surface area contributed by atoms with Gasteiger partial charge in [0.25, 0.3) is 5.82 Å². The summed E-state index contributed by atoms with van der Waals surface area (Å²) < 4.78 is 42.9. The molecule has 0 aliphatic rings. The largest absolute Gasteiger partial charge is 0.497 e. The fraction of sp³-hybridized carbons (Fsp3) is 0.308. The number of hydrogen-bond donors (Lipinski definition) is 2. The molecule has 1 amide bonds. The molecule has 2 aromatic rings. The molecule has 7 nitrogen and oxygen atoms in total. The van der Waals surface area contributed by atoms with Crippen LogP contribution in [0.3, 0.4) is 0 Å². The first kappa shape index (κ1) is 17.9. The molecule has 1 heterocycles. The highest BCUT2D eigenvalue weighted by atomic mass is 32.2. The highest BCUT2D eigenvalue weighted by molar-refractivity contribution is 7.99. The van der Waals surface area contributed by atoms with Crippen LogP contribution in [0, 0.1) is 0 Å². The number of benzene rings is 1. The number of aromatic nitrogens is 3. The van der Waals surface area contributed by atoms with Crippen LogP contribution < -0.4 is 15.9 Å². The zero-order valence-corrected chi connectivity index (χ0v) is 13.3. The normalized spacial score (nSPS) is 11.3. The van der Waals surface area contributed by atoms with Gasteiger partial charge in [-0.25, -0.2) is 4.68 Å². The van der Waals surface area contributed by atoms with E-state index in [2.05, 4.69) is 15.5 Å². The van der Waals surface area contributed by atoms with Gasteiger partial charge in [0.1, 0.15) is 5.75 Å². The lowest BCUT2D eigenvalue weighted by molar-refractivity contribution is -0.146. The molecule has 24 heavy (non-hydrogen) atoms. The first-order valence-corrected chi connectivity index (χ1v) is 7.64. The molecule has 0 atom stereocenters. The van der Waals surface area contributed by atoms with Crippen LogP contribution in [0.15, 0.2) is 29.4 Å². The van der Waals surface area contributed by atoms with Gasteiger partial charge in [0.2, 0.25) is 11.1 Å². The van der Waals surface area contributed by atoms with Crippen LogP contribution in [0.25, 0.3) is 0 Å². The number of anilines is 1. The van der Waals surface area contributed by atoms with Crippen molar-refractivity contribution in [2.75, 3.05) is 24.0 Å². The Hall–Kier alpha value is -2.43. The number of ether oxygens (including phenoxy) is 1. The van der Waals surface area contributed by atoms with Crippen LogP contribution in [0.5, 0.6) is 5.75 Å². The third kappa shape index (κ3) is 4.54. The Labute approximate surface area is 139 Å². The molecule has 0 fully saturated rings. The van der Waals surface area contributed by atoms with E-state index < -0.39 is 12.0 Å². The van der Waals surface area contributed by atoms with Gasteiger partial charge in [0.15, 0.2) is 0 Å². The Morgan fingerprint density at radius 1 is 1.33 bits per heavy atom. The van der Waals surface area contributed by atoms with Crippen molar-refractivity contribution in [3.8, 4) is 5.75 Å². The molecule has 0 saturated carbocycles. The van der Waals surface area contributed by atoms with E-state index in [9.17, 15) is 18.0 Å². The average Bonchev–Trinajstić information content (AvgIpc) is 2.89. The maximum absolute atomic E-state index is 12.5. The number of rotatable bonds is 6. The first-order valence-electron chi connectivity index (χ1n) is 6.65. The summed E-state index contributed by atoms with van der Waals surface area (Å²) in [6.07, 6.45) is -4.60. The smallest absolute Gasteiger partial charge is 0.453 e. The summed E-state index contributed by atoms with van der Waals surface area (Å²) in [5, 5.41) is 8.92. The van der Waals surface area contributed by atoms with E-state index in [0.717, 1.165) is 11.8 Å². The monoisotopic (exact) mass is 361 g/mol. The number of amides is 1. The minimum absolute atomic E-state index is 0.0743. The molecule has 0 unspecified atom stereocenters. The number of nitrogens with zero attached hydrogens (tertiary/aromatic N) is 3. The number of nitrogens with one attached hydrogen (secondary N) is 1. The summed E-state index contributed by atoms with van der Waals surface area (Å²) in [5.41, 5.74) is 0.590. The highest BCUT2D eigenvalue weighted by Crippen LogP contribution is 2.29. The van der Waals surface area contributed by atoms with E-state index in [1.54, 1.807) is 24.3 Å². The van der Waals surface area contributed by atoms with Crippen LogP contribution in [0.4, 0.5) is 18.9 Å². The Bertz CT molecular complexity index is 703. The molecule has 3 N–H and O–H groups in total. The van der Waals surface area contributed by atoms with E-state index in [0.29, 0.717) is 16.1 Å². The number of hydrogen-bond acceptors (Lipinski definition) is 6. The SMILES string of the molecule is COc1ccc(NC(=O)CCSc2nnc(C(F)(F)F)n2N)cc1. The molecule has 1 aromatic heterocycles. The fourth-order valence-corrected chi connectivity index (χ4v) is 2.50. The van der Waals surface area contributed by atoms with Gasteiger partial charge in [0, 0.05) is 17.9 Å². The van der Waals surface area contributed by atoms with Crippen LogP contribution in [0.1, 0.15) is 12.2 Å². The fourth-order valence-electron chi connectivity index (χ4n) is 1.70. The van der Waals surface area contributed by atoms with E-state index in [4.69, 9.17) is 10.6 Å². The third-order valence-electron chi connectivity index (χ3n) is 2.85. The van der Waals surface area contributed by atoms with Gasteiger partial charge in [-0.15, -0.1) is 10.2 Å². The summed E-state index contributed by atoms with van der Waals surface area (Å²) in [5.74, 6) is 4.59. The summed E-state index contributed by atoms with van der Waals surface area (Å²) in [4.78, 5) is 11.8. The topological polar surface area (TPSA) is 95.1 Å². The van der Waals surface area contributed by atoms with Crippen molar-refractivity contribution in [3.63, 3.8) is 0 Å². The van der Waals surface area contributed by atoms with Gasteiger partial charge in [0.05, 0.1) is 7.11 Å². The molecule has 0 radical (unpaired) electrons. The number of alkyl halides is 3. The Morgan fingerprint density at radius 3 is 2.54 bits per heavy atom. The van der Waals surface area contributed by atoms with Crippen LogP contribution in [-0.4, -0.2) is 33.6 Å². The van der Waals surface area contributed by atoms with E-state index in [-0.39, 0.29) is 23.2 Å². The predicted molar refractivity (Wildman–Crippen MR) is 82.1 cm³/mol. The zero-order valence-electron chi connectivity index (χ0n) is 12.5. The molecule has 0 spiro atoms. The summed E-state index contributed by atoms with van der Waals surface area (Å²) in [6.45, 7) is 0. The lowest BCUT2D eigenvalue weighted by Gasteiger charge is -2.07. The zero-order chi connectivity index (χ0) is 17.7. The Kier molecular flexibility index (Phi) is 5.54. The van der Waals surface area contributed by atoms with Crippen molar-refractivity contribution in [1.82, 2.24) is 14.9 Å². The van der Waals surface area contributed by atoms with Crippen molar-refractivity contribution >= 4 is 23.4 Å². The number of halogens is 3. The number of thioether (sulfide) groups is 1. The van der Waals surface area contributed by atoms with E-state index >= 15 is 0 Å². The Balaban J connectivity index is 1.83. The van der Waals surface area contributed by atoms with Crippen molar-refractivity contribution in [2.24, 2.45) is 0 Å². The van der Waals surface area contributed by atoms with Crippen molar-refractivity contribution in [3.05, 3.63) is 30.1 Å². The number of methoxy groups -OCH3 is 1. The van der Waals surface area contributed by atoms with Crippen LogP contribution >= 0.6 is 11.8 Å². The molecular formula is C13H14F3N5O2S. The van der Waals surface area contributed by atoms with Crippen molar-refractivity contribution in [1.29, 1.82) is 0 Å². The average molecular weight is 361 g/mol. The van der Waals surface area contributed by atoms with E-state index in [1.807, 2.05) is 0 Å². The van der Waals surface area contributed by atoms with Crippen molar-refractivity contribution < 1.29 is 22.7 Å². The van der Waals surface area contributed by atoms with Gasteiger partial charge >= 0.3 is 6.18 Å². The number of carbonyl (C=O) groups excluding carboxylic acids is 1. The first-order chi connectivity index (χ1) is 11.3. The second kappa shape index (κ2) is 7.43. The summed E-state index contributed by atoms with van der Waals surface area (Å²) >= 11 is 0.912. The van der Waals surface area contributed by atoms with Crippen LogP contribution in [-0.2, 0) is 11.0 Å². The predicted octanol–water partition coefficient (Wildman–Crippen LogP) is 2.14. The molecular weight excluding hydrogens is 347 g/mol. The molecule has 1 aromatic carbocycles. The molecule has 2 rings (SSSR count). The van der Waals surface area contributed by atoms with Gasteiger partial charge in [-0.1, -0.05) is 11.8 Å². The Morgan fingerprint density at radius 2 is 2.00 bits per heavy atom. The molecule has 11 heteroatoms. The van der Waals surface area contributed by atoms with Crippen molar-refractivity contribution in [2.45, 2.75) is 17.8 Å². The standard InChI is InChI=1S/C13H14F3N5O2S/c1-23-9-4-2-8(3-5-9)18-10(22)6-7-24-12-20-19-11(21(12)17)13(14,15)16/h2-5H,6-7,17H2,1H3,(H,18,22). The lowest BCUT2D eigenvalue weighted by Crippen LogP contribution is -2.21. The molecule has 0 aliphatic carbocycles. The quantitative estimate of drug-likeness (QED) is 0.605. The second-order valence-corrected chi connectivity index (χ2v) is 5.61. The maximum Gasteiger partial charge on any atom is 0.453 e. The maximum atomic E-state index is 12.5. The third-order valence-corrected chi connectivity index (χ3v) is 3.80. The molecule has 0 aliphatic heterocycles. The summed E-state index contributed by atoms with van der Waals surface area (Å²) in [6, 6.07) is 6.74. The molecule has 130 valence electrons. The number of nitrogen functional groups attached to an aromatic ring is 1. The molecule has 0 bridgehead atoms. The second-order valence-electron chi connectivity index (χ2n) is 4.55. The lowest BCUT2D eigenvalue weighted by atomic mass is 10.3. The van der Waals surface area contributed by atoms with Gasteiger partial charge in [-0.05, 0) is 24.3 Å². The van der Waals surface area contributed by atoms with Crippen LogP contribution in [0.2, 0.25) is 0 Å². The highest BCUT2D eigenvalue weighted by Gasteiger charge is 2.38. The number of nitrogens with two attached hydrogens (primary N) is 1. The van der Waals surface area contributed by atoms with Gasteiger partial charge in [-0.3, -0.25) is 4.79 Å². The van der Waals surface area contributed by atoms with Gasteiger partial charge < -0.3 is 15.9 Å². The summed E-state index contributed by atoms with van der Waals surface area (Å²) in [7, 11) is 1.53. The molecule has 0 saturated heterocycles. The number of carbonyl (C=O) groups is 1. The van der Waals surface area contributed by atoms with E-state index in [1.165, 1.54) is 7.11 Å². The minimum Gasteiger partial charge on any atom is -0.497 e. The minimum atomic E-state index is -4.67.